The van der Waals surface area contributed by atoms with E-state index in [0.29, 0.717) is 5.56 Å². The van der Waals surface area contributed by atoms with Crippen LogP contribution in [0.25, 0.3) is 10.2 Å². The molecule has 0 saturated carbocycles. The first-order valence-corrected chi connectivity index (χ1v) is 11.6. The summed E-state index contributed by atoms with van der Waals surface area (Å²) in [7, 11) is 3.75. The van der Waals surface area contributed by atoms with Crippen molar-refractivity contribution in [1.29, 1.82) is 0 Å². The Morgan fingerprint density at radius 3 is 2.70 bits per heavy atom. The van der Waals surface area contributed by atoms with Gasteiger partial charge in [0.05, 0.1) is 17.1 Å². The average Bonchev–Trinajstić information content (AvgIpc) is 3.35. The van der Waals surface area contributed by atoms with Crippen LogP contribution in [0, 0.1) is 6.92 Å². The van der Waals surface area contributed by atoms with E-state index < -0.39 is 0 Å². The van der Waals surface area contributed by atoms with Gasteiger partial charge < -0.3 is 9.80 Å². The smallest absolute Gasteiger partial charge is 0.257 e. The lowest BCUT2D eigenvalue weighted by atomic mass is 9.96. The summed E-state index contributed by atoms with van der Waals surface area (Å²) in [6, 6.07) is 0.240. The second-order valence-electron chi connectivity index (χ2n) is 8.52. The van der Waals surface area contributed by atoms with Crippen LogP contribution in [-0.4, -0.2) is 56.7 Å². The lowest BCUT2D eigenvalue weighted by Gasteiger charge is -2.37. The first kappa shape index (κ1) is 19.5. The van der Waals surface area contributed by atoms with Crippen molar-refractivity contribution in [3.63, 3.8) is 0 Å². The van der Waals surface area contributed by atoms with Gasteiger partial charge in [-0.2, -0.15) is 5.10 Å². The molecule has 4 heterocycles. The molecule has 0 spiro atoms. The molecule has 3 aromatic heterocycles. The molecule has 1 fully saturated rings. The number of fused-ring (bicyclic) bond motifs is 3. The maximum Gasteiger partial charge on any atom is 0.257 e. The Bertz CT molecular complexity index is 1090. The Kier molecular flexibility index (Phi) is 4.97. The van der Waals surface area contributed by atoms with Gasteiger partial charge in [0.2, 0.25) is 0 Å². The highest BCUT2D eigenvalue weighted by Crippen LogP contribution is 2.40. The lowest BCUT2D eigenvalue weighted by molar-refractivity contribution is 0.0709. The molecule has 0 bridgehead atoms. The third-order valence-electron chi connectivity index (χ3n) is 6.49. The SMILES string of the molecule is Cc1nc(N2CCC(N(C)C(=O)c3cnn(C)c3)CC2)c2c3c(sc2n1)CCCC3. The molecule has 0 radical (unpaired) electrons. The minimum Gasteiger partial charge on any atom is -0.356 e. The summed E-state index contributed by atoms with van der Waals surface area (Å²) in [5, 5.41) is 5.42. The number of aromatic nitrogens is 4. The van der Waals surface area contributed by atoms with Gasteiger partial charge in [-0.05, 0) is 51.0 Å². The summed E-state index contributed by atoms with van der Waals surface area (Å²) in [6.45, 7) is 3.81. The predicted molar refractivity (Wildman–Crippen MR) is 119 cm³/mol. The maximum absolute atomic E-state index is 12.8. The van der Waals surface area contributed by atoms with Crippen LogP contribution in [0.3, 0.4) is 0 Å². The second-order valence-corrected chi connectivity index (χ2v) is 9.61. The molecule has 0 unspecified atom stereocenters. The standard InChI is InChI=1S/C22H28N6OS/c1-14-24-20(19-17-6-4-5-7-18(17)30-21(19)25-14)28-10-8-16(9-11-28)27(3)22(29)15-12-23-26(2)13-15/h12-13,16H,4-11H2,1-3H3. The van der Waals surface area contributed by atoms with E-state index in [-0.39, 0.29) is 11.9 Å². The zero-order chi connectivity index (χ0) is 20.8. The number of hydrogen-bond donors (Lipinski definition) is 0. The van der Waals surface area contributed by atoms with E-state index in [1.807, 2.05) is 37.3 Å². The molecule has 0 atom stereocenters. The third kappa shape index (κ3) is 3.37. The van der Waals surface area contributed by atoms with Gasteiger partial charge in [-0.15, -0.1) is 11.3 Å². The van der Waals surface area contributed by atoms with E-state index in [1.54, 1.807) is 17.1 Å². The van der Waals surface area contributed by atoms with Crippen molar-refractivity contribution in [2.45, 2.75) is 51.5 Å². The fourth-order valence-electron chi connectivity index (χ4n) is 4.84. The van der Waals surface area contributed by atoms with E-state index in [9.17, 15) is 4.79 Å². The fourth-order valence-corrected chi connectivity index (χ4v) is 6.14. The summed E-state index contributed by atoms with van der Waals surface area (Å²) in [4.78, 5) is 29.4. The monoisotopic (exact) mass is 424 g/mol. The van der Waals surface area contributed by atoms with Crippen LogP contribution >= 0.6 is 11.3 Å². The Hall–Kier alpha value is -2.48. The highest BCUT2D eigenvalue weighted by atomic mass is 32.1. The number of amides is 1. The fraction of sp³-hybridized carbons (Fsp3) is 0.545. The van der Waals surface area contributed by atoms with Gasteiger partial charge in [-0.25, -0.2) is 9.97 Å². The van der Waals surface area contributed by atoms with E-state index in [2.05, 4.69) is 10.00 Å². The molecule has 5 rings (SSSR count). The number of rotatable bonds is 3. The Labute approximate surface area is 180 Å². The van der Waals surface area contributed by atoms with Gasteiger partial charge in [0.25, 0.3) is 5.91 Å². The van der Waals surface area contributed by atoms with Crippen molar-refractivity contribution in [3.8, 4) is 0 Å². The molecular weight excluding hydrogens is 396 g/mol. The molecule has 158 valence electrons. The minimum absolute atomic E-state index is 0.0497. The highest BCUT2D eigenvalue weighted by molar-refractivity contribution is 7.19. The number of nitrogens with zero attached hydrogens (tertiary/aromatic N) is 6. The molecule has 1 amide bonds. The van der Waals surface area contributed by atoms with Gasteiger partial charge in [0.1, 0.15) is 16.5 Å². The van der Waals surface area contributed by atoms with Crippen LogP contribution < -0.4 is 4.90 Å². The number of aryl methyl sites for hydroxylation is 4. The van der Waals surface area contributed by atoms with Gasteiger partial charge in [0.15, 0.2) is 0 Å². The van der Waals surface area contributed by atoms with Crippen molar-refractivity contribution >= 4 is 33.3 Å². The Balaban J connectivity index is 1.36. The molecule has 7 nitrogen and oxygen atoms in total. The molecule has 1 saturated heterocycles. The van der Waals surface area contributed by atoms with Crippen LogP contribution in [-0.2, 0) is 19.9 Å². The van der Waals surface area contributed by atoms with Gasteiger partial charge in [-0.3, -0.25) is 9.48 Å². The zero-order valence-electron chi connectivity index (χ0n) is 17.9. The molecule has 1 aliphatic carbocycles. The largest absolute Gasteiger partial charge is 0.356 e. The zero-order valence-corrected chi connectivity index (χ0v) is 18.7. The summed E-state index contributed by atoms with van der Waals surface area (Å²) in [6.07, 6.45) is 10.2. The van der Waals surface area contributed by atoms with Crippen molar-refractivity contribution in [1.82, 2.24) is 24.6 Å². The minimum atomic E-state index is 0.0497. The van der Waals surface area contributed by atoms with Gasteiger partial charge in [-0.1, -0.05) is 0 Å². The van der Waals surface area contributed by atoms with Crippen molar-refractivity contribution in [2.75, 3.05) is 25.0 Å². The molecular formula is C22H28N6OS. The van der Waals surface area contributed by atoms with Crippen molar-refractivity contribution in [3.05, 3.63) is 34.2 Å². The number of carbonyl (C=O) groups is 1. The molecule has 2 aliphatic rings. The number of thiophene rings is 1. The van der Waals surface area contributed by atoms with Gasteiger partial charge >= 0.3 is 0 Å². The topological polar surface area (TPSA) is 67.2 Å². The summed E-state index contributed by atoms with van der Waals surface area (Å²) in [5.74, 6) is 2.01. The lowest BCUT2D eigenvalue weighted by Crippen LogP contribution is -2.46. The molecule has 0 N–H and O–H groups in total. The van der Waals surface area contributed by atoms with E-state index in [0.717, 1.165) is 48.8 Å². The average molecular weight is 425 g/mol. The van der Waals surface area contributed by atoms with Gasteiger partial charge in [0, 0.05) is 44.3 Å². The quantitative estimate of drug-likeness (QED) is 0.645. The molecule has 1 aliphatic heterocycles. The molecule has 8 heteroatoms. The molecule has 0 aromatic carbocycles. The van der Waals surface area contributed by atoms with Crippen LogP contribution in [0.5, 0.6) is 0 Å². The van der Waals surface area contributed by atoms with Crippen LogP contribution in [0.4, 0.5) is 5.82 Å². The Morgan fingerprint density at radius 1 is 1.20 bits per heavy atom. The first-order chi connectivity index (χ1) is 14.5. The van der Waals surface area contributed by atoms with Crippen molar-refractivity contribution < 1.29 is 4.79 Å². The van der Waals surface area contributed by atoms with E-state index >= 15 is 0 Å². The van der Waals surface area contributed by atoms with E-state index in [1.165, 1.54) is 35.1 Å². The summed E-state index contributed by atoms with van der Waals surface area (Å²) in [5.41, 5.74) is 2.14. The van der Waals surface area contributed by atoms with Crippen LogP contribution in [0.2, 0.25) is 0 Å². The van der Waals surface area contributed by atoms with Crippen LogP contribution in [0.1, 0.15) is 52.3 Å². The number of piperidine rings is 1. The van der Waals surface area contributed by atoms with Crippen LogP contribution in [0.15, 0.2) is 12.4 Å². The second kappa shape index (κ2) is 7.65. The predicted octanol–water partition coefficient (Wildman–Crippen LogP) is 3.35. The number of carbonyl (C=O) groups excluding carboxylic acids is 1. The number of hydrogen-bond acceptors (Lipinski definition) is 6. The highest BCUT2D eigenvalue weighted by Gasteiger charge is 2.29. The maximum atomic E-state index is 12.8. The first-order valence-electron chi connectivity index (χ1n) is 10.8. The number of anilines is 1. The summed E-state index contributed by atoms with van der Waals surface area (Å²) >= 11 is 1.86. The normalized spacial score (nSPS) is 17.4. The Morgan fingerprint density at radius 2 is 1.97 bits per heavy atom. The van der Waals surface area contributed by atoms with E-state index in [4.69, 9.17) is 9.97 Å². The molecule has 30 heavy (non-hydrogen) atoms. The van der Waals surface area contributed by atoms with Crippen molar-refractivity contribution in [2.24, 2.45) is 7.05 Å². The third-order valence-corrected chi connectivity index (χ3v) is 7.68. The summed E-state index contributed by atoms with van der Waals surface area (Å²) < 4.78 is 1.67. The molecule has 3 aromatic rings.